The Bertz CT molecular complexity index is 3330. The molecule has 0 amide bonds. The lowest BCUT2D eigenvalue weighted by atomic mass is 9.95. The van der Waals surface area contributed by atoms with Crippen LogP contribution in [0.25, 0.3) is 78.5 Å². The first-order chi connectivity index (χ1) is 32.5. The Hall–Kier alpha value is -8.29. The molecule has 0 saturated heterocycles. The van der Waals surface area contributed by atoms with Crippen LogP contribution in [-0.4, -0.2) is 20.0 Å². The number of aryl methyl sites for hydroxylation is 1. The Morgan fingerprint density at radius 3 is 2.15 bits per heavy atom. The number of hydrogen-bond donors (Lipinski definition) is 0. The highest BCUT2D eigenvalue weighted by atomic mass is 32.2. The highest BCUT2D eigenvalue weighted by Gasteiger charge is 2.21. The van der Waals surface area contributed by atoms with Gasteiger partial charge in [-0.05, 0) is 113 Å². The lowest BCUT2D eigenvalue weighted by molar-refractivity contribution is 1.03. The molecule has 6 heteroatoms. The average molecular weight is 866 g/mol. The zero-order chi connectivity index (χ0) is 44.8. The van der Waals surface area contributed by atoms with E-state index in [1.807, 2.05) is 79.7 Å². The zero-order valence-electron chi connectivity index (χ0n) is 36.6. The van der Waals surface area contributed by atoms with Crippen molar-refractivity contribution in [3.63, 3.8) is 0 Å². The van der Waals surface area contributed by atoms with Crippen molar-refractivity contribution in [1.82, 2.24) is 15.0 Å². The van der Waals surface area contributed by atoms with Crippen molar-refractivity contribution >= 4 is 44.7 Å². The fourth-order valence-electron chi connectivity index (χ4n) is 8.22. The summed E-state index contributed by atoms with van der Waals surface area (Å²) in [5, 5.41) is 3.34. The van der Waals surface area contributed by atoms with E-state index in [4.69, 9.17) is 26.4 Å². The third kappa shape index (κ3) is 8.79. The summed E-state index contributed by atoms with van der Waals surface area (Å²) in [4.78, 5) is 20.0. The third-order valence-corrected chi connectivity index (χ3v) is 12.7. The first-order valence-electron chi connectivity index (χ1n) is 22.0. The fraction of sp³-hybridized carbons (Fsp3) is 0.0667. The van der Waals surface area contributed by atoms with Crippen molar-refractivity contribution < 1.29 is 0 Å². The van der Waals surface area contributed by atoms with Gasteiger partial charge in [-0.1, -0.05) is 164 Å². The summed E-state index contributed by atoms with van der Waals surface area (Å²) in [6.45, 7) is 4.04. The van der Waals surface area contributed by atoms with Crippen molar-refractivity contribution in [2.24, 2.45) is 4.99 Å². The number of anilines is 1. The van der Waals surface area contributed by atoms with E-state index in [9.17, 15) is 0 Å². The smallest absolute Gasteiger partial charge is 0.164 e. The summed E-state index contributed by atoms with van der Waals surface area (Å²) in [7, 11) is 0. The van der Waals surface area contributed by atoms with Crippen molar-refractivity contribution in [1.29, 1.82) is 0 Å². The molecule has 0 N–H and O–H groups in total. The van der Waals surface area contributed by atoms with Gasteiger partial charge in [-0.3, -0.25) is 4.31 Å². The molecule has 314 valence electrons. The first-order valence-corrected chi connectivity index (χ1v) is 22.8. The van der Waals surface area contributed by atoms with E-state index in [1.165, 1.54) is 16.3 Å². The second kappa shape index (κ2) is 18.8. The highest BCUT2D eigenvalue weighted by Crippen LogP contribution is 2.38. The molecule has 1 aromatic heterocycles. The molecule has 66 heavy (non-hydrogen) atoms. The number of nitrogens with zero attached hydrogens (tertiary/aromatic N) is 5. The maximum atomic E-state index is 5.90. The molecule has 7 aromatic carbocycles. The Morgan fingerprint density at radius 1 is 0.712 bits per heavy atom. The van der Waals surface area contributed by atoms with Crippen LogP contribution in [-0.2, 0) is 0 Å². The van der Waals surface area contributed by atoms with Crippen LogP contribution in [0.5, 0.6) is 0 Å². The predicted octanol–water partition coefficient (Wildman–Crippen LogP) is 15.0. The predicted molar refractivity (Wildman–Crippen MR) is 277 cm³/mol. The number of benzene rings is 6. The summed E-state index contributed by atoms with van der Waals surface area (Å²) in [5.41, 5.74) is 14.2. The summed E-state index contributed by atoms with van der Waals surface area (Å²) in [6, 6.07) is 59.0. The Labute approximate surface area is 391 Å². The zero-order valence-corrected chi connectivity index (χ0v) is 37.4. The van der Waals surface area contributed by atoms with Gasteiger partial charge in [0.25, 0.3) is 0 Å². The van der Waals surface area contributed by atoms with Crippen LogP contribution in [0.4, 0.5) is 5.69 Å². The van der Waals surface area contributed by atoms with E-state index in [0.717, 1.165) is 90.5 Å². The third-order valence-electron chi connectivity index (χ3n) is 11.7. The van der Waals surface area contributed by atoms with Gasteiger partial charge in [0.05, 0.1) is 16.9 Å². The summed E-state index contributed by atoms with van der Waals surface area (Å²) >= 11 is 1.64. The van der Waals surface area contributed by atoms with Crippen LogP contribution in [0.2, 0.25) is 0 Å². The largest absolute Gasteiger partial charge is 0.284 e. The number of fused-ring (bicyclic) bond motifs is 1. The van der Waals surface area contributed by atoms with Gasteiger partial charge in [0, 0.05) is 46.0 Å². The van der Waals surface area contributed by atoms with Gasteiger partial charge in [-0.25, -0.2) is 19.9 Å². The monoisotopic (exact) mass is 865 g/mol. The molecular formula is C60H43N5S. The quantitative estimate of drug-likeness (QED) is 0.0779. The van der Waals surface area contributed by atoms with Crippen molar-refractivity contribution in [2.45, 2.75) is 26.7 Å². The van der Waals surface area contributed by atoms with Crippen LogP contribution < -0.4 is 4.31 Å². The molecule has 0 spiro atoms. The van der Waals surface area contributed by atoms with Gasteiger partial charge in [0.2, 0.25) is 0 Å². The summed E-state index contributed by atoms with van der Waals surface area (Å²) < 4.78 is 2.20. The topological polar surface area (TPSA) is 54.3 Å². The van der Waals surface area contributed by atoms with E-state index < -0.39 is 0 Å². The molecule has 0 bridgehead atoms. The van der Waals surface area contributed by atoms with Gasteiger partial charge in [0.1, 0.15) is 5.04 Å². The molecule has 8 aromatic rings. The van der Waals surface area contributed by atoms with Crippen LogP contribution in [0, 0.1) is 31.4 Å². The summed E-state index contributed by atoms with van der Waals surface area (Å²) in [6.07, 6.45) is 22.6. The molecule has 2 aliphatic rings. The number of hydrogen-bond acceptors (Lipinski definition) is 6. The molecule has 0 saturated carbocycles. The van der Waals surface area contributed by atoms with E-state index in [-0.39, 0.29) is 0 Å². The Balaban J connectivity index is 0.922. The SMILES string of the molecule is C#C/C(=C\C=C/C)c1ccc(-c2nc(-c3ccccc3)nc(-c3ccc(-c4ccc5c(-c6ccc(N7C=C(c8c#cccc8)N=C(C8=CCCC=C8)S7)cc6)cccc5c4)cc3)n2)cc1C. The molecule has 0 unspecified atom stereocenters. The number of allylic oxidation sites excluding steroid dienone is 7. The molecule has 2 heterocycles. The van der Waals surface area contributed by atoms with Gasteiger partial charge in [-0.15, -0.1) is 6.42 Å². The van der Waals surface area contributed by atoms with Gasteiger partial charge in [0.15, 0.2) is 17.5 Å². The number of aromatic nitrogens is 3. The molecular weight excluding hydrogens is 823 g/mol. The van der Waals surface area contributed by atoms with E-state index in [1.54, 1.807) is 11.9 Å². The highest BCUT2D eigenvalue weighted by molar-refractivity contribution is 8.15. The Kier molecular flexibility index (Phi) is 11.9. The van der Waals surface area contributed by atoms with Crippen LogP contribution in [0.15, 0.2) is 205 Å². The maximum absolute atomic E-state index is 5.90. The standard InChI is InChI=1S/C60H43N5S/c1-4-6-17-42(5-2)53-36-33-51(38-41(53)3)59-63-57(46-20-12-8-13-21-46)62-58(64-59)47-28-26-43(27-29-47)49-32-37-55-50(39-49)24-16-25-54(55)44-30-34-52(35-31-44)65-40-56(45-18-10-7-11-19-45)61-60(66-65)48-22-14-9-15-23-48/h2,4,6-8,10,12-14,16-18,20-40H,9,15H2,1,3H3/b6-4-,42-17+. The van der Waals surface area contributed by atoms with Crippen molar-refractivity contribution in [3.05, 3.63) is 229 Å². The molecule has 0 fully saturated rings. The number of terminal acetylenes is 1. The fourth-order valence-corrected chi connectivity index (χ4v) is 9.18. The second-order valence-electron chi connectivity index (χ2n) is 16.0. The summed E-state index contributed by atoms with van der Waals surface area (Å²) in [5.74, 6) is 4.65. The van der Waals surface area contributed by atoms with Gasteiger partial charge in [-0.2, -0.15) is 0 Å². The lowest BCUT2D eigenvalue weighted by Gasteiger charge is -2.26. The number of aliphatic imine (C=N–C) groups is 1. The molecule has 1 aliphatic carbocycles. The first kappa shape index (κ1) is 41.7. The van der Waals surface area contributed by atoms with E-state index in [0.29, 0.717) is 17.5 Å². The van der Waals surface area contributed by atoms with Crippen molar-refractivity contribution in [3.8, 4) is 68.8 Å². The molecule has 5 nitrogen and oxygen atoms in total. The molecule has 10 rings (SSSR count). The molecule has 0 radical (unpaired) electrons. The van der Waals surface area contributed by atoms with E-state index in [2.05, 4.69) is 151 Å². The maximum Gasteiger partial charge on any atom is 0.164 e. The van der Waals surface area contributed by atoms with Gasteiger partial charge < -0.3 is 0 Å². The second-order valence-corrected chi connectivity index (χ2v) is 17.0. The van der Waals surface area contributed by atoms with Gasteiger partial charge >= 0.3 is 0 Å². The van der Waals surface area contributed by atoms with E-state index >= 15 is 0 Å². The minimum atomic E-state index is 0.600. The van der Waals surface area contributed by atoms with Crippen LogP contribution in [0.3, 0.4) is 0 Å². The normalized spacial score (nSPS) is 13.8. The number of rotatable bonds is 10. The molecule has 1 aliphatic heterocycles. The Morgan fingerprint density at radius 2 is 1.44 bits per heavy atom. The molecule has 0 atom stereocenters. The van der Waals surface area contributed by atoms with Crippen LogP contribution in [0.1, 0.15) is 36.5 Å². The minimum Gasteiger partial charge on any atom is -0.284 e. The average Bonchev–Trinajstić information content (AvgIpc) is 3.39. The lowest BCUT2D eigenvalue weighted by Crippen LogP contribution is -2.16. The van der Waals surface area contributed by atoms with Crippen molar-refractivity contribution in [2.75, 3.05) is 4.31 Å². The minimum absolute atomic E-state index is 0.600. The van der Waals surface area contributed by atoms with Crippen LogP contribution >= 0.6 is 11.9 Å².